The minimum Gasteiger partial charge on any atom is -0.364 e. The van der Waals surface area contributed by atoms with E-state index in [1.54, 1.807) is 4.90 Å². The number of nitrogens with two attached hydrogens (primary N) is 2. The summed E-state index contributed by atoms with van der Waals surface area (Å²) < 4.78 is 1.25. The van der Waals surface area contributed by atoms with Crippen molar-refractivity contribution in [1.29, 1.82) is 0 Å². The quantitative estimate of drug-likeness (QED) is 0.568. The molecule has 0 bridgehead atoms. The molecule has 2 aliphatic heterocycles. The second kappa shape index (κ2) is 6.97. The molecule has 11 heteroatoms. The summed E-state index contributed by atoms with van der Waals surface area (Å²) in [6, 6.07) is -1.59. The van der Waals surface area contributed by atoms with Gasteiger partial charge in [0.2, 0.25) is 11.8 Å². The predicted molar refractivity (Wildman–Crippen MR) is 92.2 cm³/mol. The Bertz CT molecular complexity index is 803. The third-order valence-corrected chi connectivity index (χ3v) is 4.99. The van der Waals surface area contributed by atoms with Gasteiger partial charge in [0.15, 0.2) is 11.4 Å². The maximum Gasteiger partial charge on any atom is 0.271 e. The molecule has 3 unspecified atom stereocenters. The third-order valence-electron chi connectivity index (χ3n) is 4.99. The molecule has 5 N–H and O–H groups in total. The van der Waals surface area contributed by atoms with Crippen LogP contribution in [0.1, 0.15) is 60.1 Å². The number of amides is 4. The van der Waals surface area contributed by atoms with Gasteiger partial charge in [-0.05, 0) is 25.2 Å². The zero-order valence-corrected chi connectivity index (χ0v) is 15.2. The van der Waals surface area contributed by atoms with Crippen molar-refractivity contribution in [3.63, 3.8) is 0 Å². The summed E-state index contributed by atoms with van der Waals surface area (Å²) in [5.74, 6) is -1.85. The molecular weight excluding hydrogens is 354 g/mol. The number of fused-ring (bicyclic) bond motifs is 1. The summed E-state index contributed by atoms with van der Waals surface area (Å²) in [6.07, 6.45) is 1.27. The van der Waals surface area contributed by atoms with Gasteiger partial charge >= 0.3 is 0 Å². The lowest BCUT2D eigenvalue weighted by molar-refractivity contribution is -0.152. The van der Waals surface area contributed by atoms with E-state index >= 15 is 0 Å². The first-order chi connectivity index (χ1) is 12.7. The second-order valence-electron chi connectivity index (χ2n) is 7.38. The van der Waals surface area contributed by atoms with Crippen molar-refractivity contribution in [3.8, 4) is 0 Å². The monoisotopic (exact) mass is 377 g/mol. The zero-order chi connectivity index (χ0) is 19.9. The summed E-state index contributed by atoms with van der Waals surface area (Å²) in [4.78, 5) is 50.1. The van der Waals surface area contributed by atoms with Crippen LogP contribution in [0.5, 0.6) is 0 Å². The van der Waals surface area contributed by atoms with E-state index < -0.39 is 29.9 Å². The molecule has 2 fully saturated rings. The zero-order valence-electron chi connectivity index (χ0n) is 15.2. The average molecular weight is 377 g/mol. The highest BCUT2D eigenvalue weighted by Crippen LogP contribution is 2.31. The van der Waals surface area contributed by atoms with Crippen molar-refractivity contribution in [3.05, 3.63) is 11.4 Å². The fraction of sp³-hybridized carbons (Fsp3) is 0.625. The molecule has 4 amide bonds. The minimum atomic E-state index is -0.908. The van der Waals surface area contributed by atoms with Crippen LogP contribution in [-0.4, -0.2) is 62.2 Å². The van der Waals surface area contributed by atoms with Gasteiger partial charge in [-0.25, -0.2) is 4.68 Å². The second-order valence-corrected chi connectivity index (χ2v) is 7.38. The van der Waals surface area contributed by atoms with Crippen molar-refractivity contribution in [2.45, 2.75) is 51.2 Å². The normalized spacial score (nSPS) is 25.3. The van der Waals surface area contributed by atoms with Crippen LogP contribution in [0.15, 0.2) is 0 Å². The lowest BCUT2D eigenvalue weighted by atomic mass is 9.91. The number of carbonyl (C=O) groups excluding carboxylic acids is 4. The lowest BCUT2D eigenvalue weighted by Gasteiger charge is -2.44. The van der Waals surface area contributed by atoms with Crippen molar-refractivity contribution in [1.82, 2.24) is 25.2 Å². The lowest BCUT2D eigenvalue weighted by Crippen LogP contribution is -2.65. The number of rotatable bonds is 5. The Morgan fingerprint density at radius 1 is 1.26 bits per heavy atom. The van der Waals surface area contributed by atoms with Crippen LogP contribution >= 0.6 is 0 Å². The summed E-state index contributed by atoms with van der Waals surface area (Å²) in [7, 11) is 0. The van der Waals surface area contributed by atoms with Gasteiger partial charge in [-0.1, -0.05) is 19.1 Å². The molecule has 3 rings (SSSR count). The molecule has 0 radical (unpaired) electrons. The van der Waals surface area contributed by atoms with Gasteiger partial charge in [0.25, 0.3) is 11.8 Å². The molecule has 0 aliphatic carbocycles. The first-order valence-electron chi connectivity index (χ1n) is 8.86. The Balaban J connectivity index is 1.84. The fourth-order valence-electron chi connectivity index (χ4n) is 3.79. The average Bonchev–Trinajstić information content (AvgIpc) is 3.04. The summed E-state index contributed by atoms with van der Waals surface area (Å²) in [5.41, 5.74) is 10.1. The van der Waals surface area contributed by atoms with E-state index in [2.05, 4.69) is 15.6 Å². The van der Waals surface area contributed by atoms with E-state index in [4.69, 9.17) is 11.5 Å². The van der Waals surface area contributed by atoms with Crippen molar-refractivity contribution < 1.29 is 19.2 Å². The van der Waals surface area contributed by atoms with Crippen molar-refractivity contribution in [2.24, 2.45) is 17.4 Å². The van der Waals surface area contributed by atoms with E-state index in [9.17, 15) is 19.2 Å². The molecule has 2 aliphatic rings. The fourth-order valence-corrected chi connectivity index (χ4v) is 3.79. The molecular formula is C16H23N7O4. The topological polar surface area (TPSA) is 166 Å². The Hall–Kier alpha value is -2.98. The van der Waals surface area contributed by atoms with E-state index in [-0.39, 0.29) is 35.5 Å². The molecule has 0 spiro atoms. The van der Waals surface area contributed by atoms with Crippen LogP contribution in [0.25, 0.3) is 0 Å². The number of hydrogen-bond acceptors (Lipinski definition) is 6. The van der Waals surface area contributed by atoms with Gasteiger partial charge in [0.05, 0.1) is 6.04 Å². The highest BCUT2D eigenvalue weighted by Gasteiger charge is 2.45. The van der Waals surface area contributed by atoms with Crippen molar-refractivity contribution >= 4 is 23.6 Å². The van der Waals surface area contributed by atoms with Crippen LogP contribution in [0.4, 0.5) is 0 Å². The SMILES string of the molecule is CC(C)CC1NC(=O)C2CC(n3nnc(C(N)=O)c3C(N)=O)CCN2C1=O. The standard InChI is InChI=1S/C16H23N7O4/c1-7(2)5-9-16(27)22-4-3-8(6-10(22)15(26)19-9)23-12(14(18)25)11(13(17)24)20-21-23/h7-10H,3-6H2,1-2H3,(H2,17,24)(H2,18,25)(H,19,26). The van der Waals surface area contributed by atoms with E-state index in [0.29, 0.717) is 19.4 Å². The van der Waals surface area contributed by atoms with Gasteiger partial charge in [-0.15, -0.1) is 5.10 Å². The van der Waals surface area contributed by atoms with Gasteiger partial charge in [-0.3, -0.25) is 19.2 Å². The van der Waals surface area contributed by atoms with Crippen LogP contribution in [0.3, 0.4) is 0 Å². The molecule has 3 heterocycles. The van der Waals surface area contributed by atoms with Gasteiger partial charge in [-0.2, -0.15) is 0 Å². The molecule has 1 aromatic heterocycles. The summed E-state index contributed by atoms with van der Waals surface area (Å²) in [6.45, 7) is 4.31. The number of nitrogens with zero attached hydrogens (tertiary/aromatic N) is 4. The summed E-state index contributed by atoms with van der Waals surface area (Å²) >= 11 is 0. The van der Waals surface area contributed by atoms with Gasteiger partial charge in [0.1, 0.15) is 12.1 Å². The number of piperidine rings is 1. The molecule has 146 valence electrons. The smallest absolute Gasteiger partial charge is 0.271 e. The van der Waals surface area contributed by atoms with Crippen LogP contribution in [-0.2, 0) is 9.59 Å². The number of piperazine rings is 1. The minimum absolute atomic E-state index is 0.0988. The highest BCUT2D eigenvalue weighted by molar-refractivity contribution is 6.03. The molecule has 3 atom stereocenters. The summed E-state index contributed by atoms with van der Waals surface area (Å²) in [5, 5.41) is 10.3. The Labute approximate surface area is 155 Å². The van der Waals surface area contributed by atoms with Crippen LogP contribution in [0.2, 0.25) is 0 Å². The van der Waals surface area contributed by atoms with Crippen LogP contribution in [0, 0.1) is 5.92 Å². The van der Waals surface area contributed by atoms with E-state index in [0.717, 1.165) is 0 Å². The molecule has 0 saturated carbocycles. The van der Waals surface area contributed by atoms with Crippen molar-refractivity contribution in [2.75, 3.05) is 6.54 Å². The highest BCUT2D eigenvalue weighted by atomic mass is 16.2. The largest absolute Gasteiger partial charge is 0.364 e. The number of hydrogen-bond donors (Lipinski definition) is 3. The maximum atomic E-state index is 12.7. The predicted octanol–water partition coefficient (Wildman–Crippen LogP) is -1.45. The molecule has 27 heavy (non-hydrogen) atoms. The number of nitrogens with one attached hydrogen (secondary N) is 1. The van der Waals surface area contributed by atoms with E-state index in [1.165, 1.54) is 4.68 Å². The number of primary amides is 2. The Kier molecular flexibility index (Phi) is 4.85. The third kappa shape index (κ3) is 3.36. The first-order valence-corrected chi connectivity index (χ1v) is 8.86. The van der Waals surface area contributed by atoms with Gasteiger partial charge in [0, 0.05) is 6.54 Å². The maximum absolute atomic E-state index is 12.7. The molecule has 1 aromatic rings. The Morgan fingerprint density at radius 3 is 2.56 bits per heavy atom. The number of aromatic nitrogens is 3. The first kappa shape index (κ1) is 18.8. The Morgan fingerprint density at radius 2 is 1.96 bits per heavy atom. The van der Waals surface area contributed by atoms with Crippen LogP contribution < -0.4 is 16.8 Å². The van der Waals surface area contributed by atoms with E-state index in [1.807, 2.05) is 13.8 Å². The van der Waals surface area contributed by atoms with Gasteiger partial charge < -0.3 is 21.7 Å². The molecule has 0 aromatic carbocycles. The number of carbonyl (C=O) groups is 4. The molecule has 11 nitrogen and oxygen atoms in total. The molecule has 2 saturated heterocycles.